The van der Waals surface area contributed by atoms with Crippen molar-refractivity contribution in [2.75, 3.05) is 18.0 Å². The van der Waals surface area contributed by atoms with Crippen LogP contribution in [0, 0.1) is 6.92 Å². The molecule has 5 nitrogen and oxygen atoms in total. The molecular weight excluding hydrogens is 362 g/mol. The second-order valence-electron chi connectivity index (χ2n) is 6.37. The second-order valence-corrected chi connectivity index (χ2v) is 6.75. The zero-order valence-corrected chi connectivity index (χ0v) is 17.3. The van der Waals surface area contributed by atoms with Crippen molar-refractivity contribution in [1.82, 2.24) is 5.32 Å². The number of Topliss-reactive ketones (excluding diaryl/α,β-unsaturated/α-hetero) is 1. The Balaban J connectivity index is 2.43. The molecule has 1 N–H and O–H groups in total. The number of anilines is 1. The number of carbonyl (C=O) groups is 2. The van der Waals surface area contributed by atoms with E-state index in [1.807, 2.05) is 19.1 Å². The Morgan fingerprint density at radius 1 is 1.19 bits per heavy atom. The lowest BCUT2D eigenvalue weighted by atomic mass is 10.0. The molecule has 0 heterocycles. The number of rotatable bonds is 6. The van der Waals surface area contributed by atoms with Crippen molar-refractivity contribution in [3.8, 4) is 0 Å². The number of carbonyl (C=O) groups excluding carboxylic acids is 2. The predicted molar refractivity (Wildman–Crippen MR) is 112 cm³/mol. The first-order chi connectivity index (χ1) is 12.8. The Kier molecular flexibility index (Phi) is 6.97. The molecule has 6 heteroatoms. The Morgan fingerprint density at radius 3 is 2.41 bits per heavy atom. The van der Waals surface area contributed by atoms with Crippen LogP contribution in [0.3, 0.4) is 0 Å². The molecule has 27 heavy (non-hydrogen) atoms. The number of hydrogen-bond acceptors (Lipinski definition) is 4. The lowest BCUT2D eigenvalue weighted by Crippen LogP contribution is -2.30. The van der Waals surface area contributed by atoms with Gasteiger partial charge < -0.3 is 10.2 Å². The molecule has 144 valence electrons. The molecule has 1 aromatic rings. The number of hydrogen-bond donors (Lipinski definition) is 1. The van der Waals surface area contributed by atoms with E-state index in [1.165, 1.54) is 0 Å². The first kappa shape index (κ1) is 20.9. The third-order valence-corrected chi connectivity index (χ3v) is 5.04. The summed E-state index contributed by atoms with van der Waals surface area (Å²) in [6, 6.07) is 6.10. The molecule has 2 rings (SSSR count). The maximum atomic E-state index is 12.3. The second kappa shape index (κ2) is 9.00. The highest BCUT2D eigenvalue weighted by Gasteiger charge is 2.25. The van der Waals surface area contributed by atoms with Gasteiger partial charge in [-0.05, 0) is 63.1 Å². The summed E-state index contributed by atoms with van der Waals surface area (Å²) in [5.41, 5.74) is 4.32. The van der Waals surface area contributed by atoms with E-state index in [0.29, 0.717) is 11.3 Å². The van der Waals surface area contributed by atoms with Gasteiger partial charge in [0.15, 0.2) is 0 Å². The summed E-state index contributed by atoms with van der Waals surface area (Å²) in [6.45, 7) is 11.6. The molecular formula is C21H26ClN3O2. The van der Waals surface area contributed by atoms with E-state index in [2.05, 4.69) is 30.1 Å². The fourth-order valence-electron chi connectivity index (χ4n) is 2.84. The number of aliphatic imine (C=N–C) groups is 1. The van der Waals surface area contributed by atoms with Crippen LogP contribution in [0.4, 0.5) is 11.4 Å². The van der Waals surface area contributed by atoms with E-state index < -0.39 is 0 Å². The molecule has 1 aliphatic rings. The summed E-state index contributed by atoms with van der Waals surface area (Å²) < 4.78 is 0. The van der Waals surface area contributed by atoms with Crippen LogP contribution in [0.25, 0.3) is 0 Å². The maximum absolute atomic E-state index is 12.3. The lowest BCUT2D eigenvalue weighted by Gasteiger charge is -2.22. The number of nitrogens with zero attached hydrogens (tertiary/aromatic N) is 2. The Labute approximate surface area is 165 Å². The maximum Gasteiger partial charge on any atom is 0.224 e. The van der Waals surface area contributed by atoms with Crippen LogP contribution in [0.5, 0.6) is 0 Å². The van der Waals surface area contributed by atoms with Crippen molar-refractivity contribution in [2.45, 2.75) is 41.0 Å². The summed E-state index contributed by atoms with van der Waals surface area (Å²) in [7, 11) is 0. The van der Waals surface area contributed by atoms with Gasteiger partial charge >= 0.3 is 0 Å². The minimum Gasteiger partial charge on any atom is -0.372 e. The fraction of sp³-hybridized carbons (Fsp3) is 0.381. The molecule has 1 amide bonds. The minimum atomic E-state index is -0.386. The van der Waals surface area contributed by atoms with Crippen molar-refractivity contribution >= 4 is 40.4 Å². The van der Waals surface area contributed by atoms with Gasteiger partial charge in [0.25, 0.3) is 0 Å². The van der Waals surface area contributed by atoms with E-state index in [9.17, 15) is 9.59 Å². The van der Waals surface area contributed by atoms with E-state index in [1.54, 1.807) is 19.9 Å². The van der Waals surface area contributed by atoms with Gasteiger partial charge in [0.05, 0.1) is 22.1 Å². The molecule has 0 saturated heterocycles. The quantitative estimate of drug-likeness (QED) is 0.735. The Morgan fingerprint density at radius 2 is 1.85 bits per heavy atom. The number of aryl methyl sites for hydroxylation is 1. The van der Waals surface area contributed by atoms with Crippen LogP contribution >= 0.6 is 11.6 Å². The third kappa shape index (κ3) is 4.66. The molecule has 0 aliphatic heterocycles. The number of ketones is 1. The van der Waals surface area contributed by atoms with Gasteiger partial charge in [0.2, 0.25) is 11.7 Å². The third-order valence-electron chi connectivity index (χ3n) is 4.58. The largest absolute Gasteiger partial charge is 0.372 e. The number of halogens is 1. The number of nitrogens with one attached hydrogen (secondary N) is 1. The smallest absolute Gasteiger partial charge is 0.224 e. The van der Waals surface area contributed by atoms with Gasteiger partial charge in [-0.3, -0.25) is 9.59 Å². The van der Waals surface area contributed by atoms with Crippen molar-refractivity contribution < 1.29 is 9.59 Å². The van der Waals surface area contributed by atoms with Gasteiger partial charge in [0.1, 0.15) is 0 Å². The predicted octanol–water partition coefficient (Wildman–Crippen LogP) is 4.42. The highest BCUT2D eigenvalue weighted by atomic mass is 35.5. The molecule has 0 spiro atoms. The van der Waals surface area contributed by atoms with Gasteiger partial charge in [-0.15, -0.1) is 0 Å². The zero-order valence-electron chi connectivity index (χ0n) is 16.5. The van der Waals surface area contributed by atoms with Crippen molar-refractivity contribution in [3.05, 3.63) is 46.1 Å². The van der Waals surface area contributed by atoms with Crippen LogP contribution in [-0.2, 0) is 9.59 Å². The molecule has 0 bridgehead atoms. The van der Waals surface area contributed by atoms with E-state index in [-0.39, 0.29) is 28.8 Å². The van der Waals surface area contributed by atoms with E-state index in [0.717, 1.165) is 30.0 Å². The van der Waals surface area contributed by atoms with Gasteiger partial charge in [-0.2, -0.15) is 0 Å². The van der Waals surface area contributed by atoms with Gasteiger partial charge in [-0.25, -0.2) is 4.99 Å². The topological polar surface area (TPSA) is 61.8 Å². The summed E-state index contributed by atoms with van der Waals surface area (Å²) in [5, 5.41) is 2.69. The van der Waals surface area contributed by atoms with Crippen LogP contribution in [0.1, 0.15) is 39.7 Å². The molecule has 0 radical (unpaired) electrons. The number of allylic oxidation sites excluding steroid dienone is 3. The molecule has 0 saturated carbocycles. The highest BCUT2D eigenvalue weighted by Crippen LogP contribution is 2.28. The number of amides is 1. The molecule has 0 unspecified atom stereocenters. The summed E-state index contributed by atoms with van der Waals surface area (Å²) in [6.07, 6.45) is 1.87. The normalized spacial score (nSPS) is 15.9. The molecule has 0 fully saturated rings. The molecule has 0 aromatic heterocycles. The van der Waals surface area contributed by atoms with Gasteiger partial charge in [0, 0.05) is 25.2 Å². The summed E-state index contributed by atoms with van der Waals surface area (Å²) in [4.78, 5) is 30.9. The summed E-state index contributed by atoms with van der Waals surface area (Å²) in [5.74, 6) is -0.624. The average molecular weight is 388 g/mol. The Bertz CT molecular complexity index is 849. The van der Waals surface area contributed by atoms with E-state index >= 15 is 0 Å². The van der Waals surface area contributed by atoms with Crippen molar-refractivity contribution in [2.24, 2.45) is 4.99 Å². The molecule has 0 atom stereocenters. The molecule has 1 aromatic carbocycles. The van der Waals surface area contributed by atoms with Crippen molar-refractivity contribution in [3.63, 3.8) is 0 Å². The lowest BCUT2D eigenvalue weighted by molar-refractivity contribution is -0.121. The standard InChI is InChI=1S/C21H26ClN3O2/c1-6-19(26)24-18-12-17(14(5)20(22)21(18)27)23-16-10-9-15(11-13(16)4)25(7-2)8-3/h9-12H,6-8H2,1-5H3,(H,24,26). The first-order valence-corrected chi connectivity index (χ1v) is 9.57. The van der Waals surface area contributed by atoms with Crippen LogP contribution in [-0.4, -0.2) is 30.5 Å². The highest BCUT2D eigenvalue weighted by molar-refractivity contribution is 6.49. The van der Waals surface area contributed by atoms with Crippen molar-refractivity contribution in [1.29, 1.82) is 0 Å². The van der Waals surface area contributed by atoms with E-state index in [4.69, 9.17) is 16.6 Å². The SMILES string of the molecule is CCC(=O)NC1=CC(=Nc2ccc(N(CC)CC)cc2C)C(C)=C(Cl)C1=O. The first-order valence-electron chi connectivity index (χ1n) is 9.19. The number of benzene rings is 1. The van der Waals surface area contributed by atoms with Crippen LogP contribution in [0.15, 0.2) is 45.6 Å². The average Bonchev–Trinajstić information content (AvgIpc) is 2.66. The minimum absolute atomic E-state index is 0.0834. The van der Waals surface area contributed by atoms with Gasteiger partial charge in [-0.1, -0.05) is 18.5 Å². The fourth-order valence-corrected chi connectivity index (χ4v) is 3.04. The van der Waals surface area contributed by atoms with Crippen LogP contribution < -0.4 is 10.2 Å². The monoisotopic (exact) mass is 387 g/mol. The summed E-state index contributed by atoms with van der Waals surface area (Å²) >= 11 is 6.19. The zero-order chi connectivity index (χ0) is 20.1. The molecule has 1 aliphatic carbocycles. The Hall–Kier alpha value is -2.40. The van der Waals surface area contributed by atoms with Crippen LogP contribution in [0.2, 0.25) is 0 Å².